The SMILES string of the molecule is COc1ccc(C(=O)C2CCC3CC[C@H]2N3S(=O)(=O)c2ccc(C)cc2)c(OC)c1. The molecule has 2 aliphatic heterocycles. The van der Waals surface area contributed by atoms with Crippen LogP contribution < -0.4 is 9.47 Å². The van der Waals surface area contributed by atoms with Gasteiger partial charge in [0, 0.05) is 24.1 Å². The van der Waals surface area contributed by atoms with Gasteiger partial charge in [0.15, 0.2) is 5.78 Å². The van der Waals surface area contributed by atoms with E-state index in [1.165, 1.54) is 7.11 Å². The van der Waals surface area contributed by atoms with Gasteiger partial charge in [-0.05, 0) is 56.9 Å². The summed E-state index contributed by atoms with van der Waals surface area (Å²) in [5, 5.41) is 0. The van der Waals surface area contributed by atoms with Crippen molar-refractivity contribution in [3.8, 4) is 11.5 Å². The molecule has 7 heteroatoms. The number of hydrogen-bond donors (Lipinski definition) is 0. The number of fused-ring (bicyclic) bond motifs is 2. The van der Waals surface area contributed by atoms with E-state index < -0.39 is 10.0 Å². The van der Waals surface area contributed by atoms with Crippen LogP contribution in [-0.4, -0.2) is 44.8 Å². The molecule has 0 saturated carbocycles. The Morgan fingerprint density at radius 2 is 1.67 bits per heavy atom. The van der Waals surface area contributed by atoms with Crippen molar-refractivity contribution in [3.63, 3.8) is 0 Å². The normalized spacial score (nSPS) is 23.9. The summed E-state index contributed by atoms with van der Waals surface area (Å²) in [6.45, 7) is 1.93. The van der Waals surface area contributed by atoms with Gasteiger partial charge in [-0.1, -0.05) is 17.7 Å². The van der Waals surface area contributed by atoms with E-state index in [1.54, 1.807) is 41.7 Å². The first-order chi connectivity index (χ1) is 14.4. The van der Waals surface area contributed by atoms with Crippen LogP contribution in [-0.2, 0) is 10.0 Å². The van der Waals surface area contributed by atoms with Crippen LogP contribution in [0.4, 0.5) is 0 Å². The van der Waals surface area contributed by atoms with E-state index in [9.17, 15) is 13.2 Å². The summed E-state index contributed by atoms with van der Waals surface area (Å²) < 4.78 is 39.1. The number of carbonyl (C=O) groups excluding carboxylic acids is 1. The Morgan fingerprint density at radius 1 is 0.967 bits per heavy atom. The van der Waals surface area contributed by atoms with Crippen molar-refractivity contribution in [1.82, 2.24) is 4.31 Å². The van der Waals surface area contributed by atoms with Gasteiger partial charge in [0.25, 0.3) is 0 Å². The largest absolute Gasteiger partial charge is 0.497 e. The van der Waals surface area contributed by atoms with Crippen molar-refractivity contribution < 1.29 is 22.7 Å². The second-order valence-corrected chi connectivity index (χ2v) is 9.90. The van der Waals surface area contributed by atoms with E-state index >= 15 is 0 Å². The molecule has 0 N–H and O–H groups in total. The first kappa shape index (κ1) is 20.9. The number of carbonyl (C=O) groups is 1. The van der Waals surface area contributed by atoms with Crippen LogP contribution in [0.25, 0.3) is 0 Å². The molecule has 2 bridgehead atoms. The Kier molecular flexibility index (Phi) is 5.59. The predicted molar refractivity (Wildman–Crippen MR) is 114 cm³/mol. The maximum absolute atomic E-state index is 13.5. The van der Waals surface area contributed by atoms with Gasteiger partial charge in [-0.15, -0.1) is 0 Å². The third kappa shape index (κ3) is 3.50. The molecular formula is C23H27NO5S. The van der Waals surface area contributed by atoms with Gasteiger partial charge in [0.2, 0.25) is 10.0 Å². The second kappa shape index (κ2) is 8.04. The summed E-state index contributed by atoms with van der Waals surface area (Å²) in [6.07, 6.45) is 2.86. The highest BCUT2D eigenvalue weighted by atomic mass is 32.2. The van der Waals surface area contributed by atoms with E-state index in [2.05, 4.69) is 0 Å². The molecule has 0 radical (unpaired) electrons. The van der Waals surface area contributed by atoms with E-state index in [-0.39, 0.29) is 23.8 Å². The molecule has 2 aliphatic rings. The topological polar surface area (TPSA) is 72.9 Å². The lowest BCUT2D eigenvalue weighted by atomic mass is 9.85. The second-order valence-electron chi connectivity index (χ2n) is 8.06. The van der Waals surface area contributed by atoms with Crippen molar-refractivity contribution in [3.05, 3.63) is 53.6 Å². The Morgan fingerprint density at radius 3 is 2.33 bits per heavy atom. The van der Waals surface area contributed by atoms with Crippen molar-refractivity contribution in [1.29, 1.82) is 0 Å². The predicted octanol–water partition coefficient (Wildman–Crippen LogP) is 3.83. The minimum atomic E-state index is -3.66. The smallest absolute Gasteiger partial charge is 0.243 e. The summed E-state index contributed by atoms with van der Waals surface area (Å²) >= 11 is 0. The van der Waals surface area contributed by atoms with Crippen molar-refractivity contribution in [2.75, 3.05) is 14.2 Å². The number of Topliss-reactive ketones (excluding diaryl/α,β-unsaturated/α-hetero) is 1. The highest BCUT2D eigenvalue weighted by Crippen LogP contribution is 2.44. The number of hydrogen-bond acceptors (Lipinski definition) is 5. The fourth-order valence-corrected chi connectivity index (χ4v) is 6.75. The van der Waals surface area contributed by atoms with Crippen LogP contribution in [0, 0.1) is 12.8 Å². The Hall–Kier alpha value is -2.38. The van der Waals surface area contributed by atoms with Crippen LogP contribution in [0.15, 0.2) is 47.4 Å². The maximum atomic E-state index is 13.5. The van der Waals surface area contributed by atoms with Gasteiger partial charge in [-0.2, -0.15) is 4.31 Å². The van der Waals surface area contributed by atoms with Crippen molar-refractivity contribution >= 4 is 15.8 Å². The summed E-state index contributed by atoms with van der Waals surface area (Å²) in [4.78, 5) is 13.8. The summed E-state index contributed by atoms with van der Waals surface area (Å²) in [6, 6.07) is 11.7. The zero-order valence-corrected chi connectivity index (χ0v) is 18.3. The van der Waals surface area contributed by atoms with Gasteiger partial charge in [-0.25, -0.2) is 8.42 Å². The average Bonchev–Trinajstić information content (AvgIpc) is 3.07. The number of sulfonamides is 1. The van der Waals surface area contributed by atoms with E-state index in [0.717, 1.165) is 12.0 Å². The Bertz CT molecular complexity index is 1050. The van der Waals surface area contributed by atoms with Crippen molar-refractivity contribution in [2.45, 2.75) is 49.6 Å². The fourth-order valence-electron chi connectivity index (χ4n) is 4.82. The number of piperidine rings is 1. The standard InChI is InChI=1S/C23H27NO5S/c1-15-4-9-18(10-5-15)30(26,27)24-16-6-11-19(21(24)13-7-16)23(25)20-12-8-17(28-2)14-22(20)29-3/h4-5,8-10,12,14,16,19,21H,6-7,11,13H2,1-3H3/t16?,19?,21-/m1/s1. The summed E-state index contributed by atoms with van der Waals surface area (Å²) in [5.74, 6) is 0.610. The molecule has 2 aromatic carbocycles. The number of aryl methyl sites for hydroxylation is 1. The third-order valence-electron chi connectivity index (χ3n) is 6.37. The maximum Gasteiger partial charge on any atom is 0.243 e. The molecule has 2 unspecified atom stereocenters. The Balaban J connectivity index is 1.67. The number of nitrogens with zero attached hydrogens (tertiary/aromatic N) is 1. The molecular weight excluding hydrogens is 402 g/mol. The van der Waals surface area contributed by atoms with Gasteiger partial charge in [0.1, 0.15) is 11.5 Å². The number of methoxy groups -OCH3 is 2. The lowest BCUT2D eigenvalue weighted by Gasteiger charge is -2.38. The minimum absolute atomic E-state index is 0.0388. The van der Waals surface area contributed by atoms with E-state index in [1.807, 2.05) is 19.1 Å². The third-order valence-corrected chi connectivity index (χ3v) is 8.36. The highest BCUT2D eigenvalue weighted by Gasteiger charge is 2.50. The molecule has 0 spiro atoms. The van der Waals surface area contributed by atoms with Crippen LogP contribution in [0.1, 0.15) is 41.6 Å². The minimum Gasteiger partial charge on any atom is -0.497 e. The molecule has 0 aromatic heterocycles. The van der Waals surface area contributed by atoms with Crippen LogP contribution >= 0.6 is 0 Å². The van der Waals surface area contributed by atoms with Gasteiger partial charge in [0.05, 0.1) is 24.7 Å². The van der Waals surface area contributed by atoms with E-state index in [4.69, 9.17) is 9.47 Å². The molecule has 160 valence electrons. The summed E-state index contributed by atoms with van der Waals surface area (Å²) in [5.41, 5.74) is 1.48. The molecule has 3 atom stereocenters. The van der Waals surface area contributed by atoms with Crippen LogP contribution in [0.5, 0.6) is 11.5 Å². The lowest BCUT2D eigenvalue weighted by molar-refractivity contribution is 0.0798. The lowest BCUT2D eigenvalue weighted by Crippen LogP contribution is -2.50. The molecule has 2 heterocycles. The van der Waals surface area contributed by atoms with Gasteiger partial charge in [-0.3, -0.25) is 4.79 Å². The van der Waals surface area contributed by atoms with Crippen molar-refractivity contribution in [2.24, 2.45) is 5.92 Å². The molecule has 6 nitrogen and oxygen atoms in total. The molecule has 30 heavy (non-hydrogen) atoms. The molecule has 2 aromatic rings. The fraction of sp³-hybridized carbons (Fsp3) is 0.435. The van der Waals surface area contributed by atoms with Crippen LogP contribution in [0.2, 0.25) is 0 Å². The quantitative estimate of drug-likeness (QED) is 0.653. The first-order valence-electron chi connectivity index (χ1n) is 10.2. The first-order valence-corrected chi connectivity index (χ1v) is 11.7. The molecule has 0 amide bonds. The van der Waals surface area contributed by atoms with Gasteiger partial charge < -0.3 is 9.47 Å². The number of rotatable bonds is 6. The molecule has 2 fully saturated rings. The highest BCUT2D eigenvalue weighted by molar-refractivity contribution is 7.89. The number of ether oxygens (including phenoxy) is 2. The monoisotopic (exact) mass is 429 g/mol. The Labute approximate surface area is 177 Å². The number of ketones is 1. The average molecular weight is 430 g/mol. The van der Waals surface area contributed by atoms with E-state index in [0.29, 0.717) is 41.2 Å². The molecule has 2 saturated heterocycles. The zero-order chi connectivity index (χ0) is 21.5. The molecule has 4 rings (SSSR count). The molecule has 0 aliphatic carbocycles. The zero-order valence-electron chi connectivity index (χ0n) is 17.5. The van der Waals surface area contributed by atoms with Crippen LogP contribution in [0.3, 0.4) is 0 Å². The summed E-state index contributed by atoms with van der Waals surface area (Å²) in [7, 11) is -0.580. The number of benzene rings is 2. The van der Waals surface area contributed by atoms with Gasteiger partial charge >= 0.3 is 0 Å².